The van der Waals surface area contributed by atoms with Gasteiger partial charge in [-0.25, -0.2) is 0 Å². The first-order valence-corrected chi connectivity index (χ1v) is 9.54. The van der Waals surface area contributed by atoms with Crippen LogP contribution in [0.15, 0.2) is 47.0 Å². The van der Waals surface area contributed by atoms with Crippen molar-refractivity contribution in [1.82, 2.24) is 10.5 Å². The highest BCUT2D eigenvalue weighted by Gasteiger charge is 2.67. The van der Waals surface area contributed by atoms with Crippen molar-refractivity contribution >= 4 is 17.6 Å². The lowest BCUT2D eigenvalue weighted by Crippen LogP contribution is -2.44. The third kappa shape index (κ3) is 2.66. The first-order chi connectivity index (χ1) is 14.0. The van der Waals surface area contributed by atoms with E-state index in [-0.39, 0.29) is 11.8 Å². The van der Waals surface area contributed by atoms with Crippen LogP contribution in [0.1, 0.15) is 11.3 Å². The lowest BCUT2D eigenvalue weighted by Gasteiger charge is -2.23. The number of benzene rings is 1. The molecule has 2 bridgehead atoms. The number of anilines is 1. The minimum atomic E-state index is -0.791. The Bertz CT molecular complexity index is 1020. The number of carbonyl (C=O) groups excluding carboxylic acids is 2. The molecule has 2 amide bonds. The average molecular weight is 395 g/mol. The Morgan fingerprint density at radius 2 is 2.24 bits per heavy atom. The second-order valence-corrected chi connectivity index (χ2v) is 7.65. The number of aromatic nitrogens is 1. The van der Waals surface area contributed by atoms with E-state index in [2.05, 4.69) is 10.5 Å². The lowest BCUT2D eigenvalue weighted by molar-refractivity contribution is -0.132. The van der Waals surface area contributed by atoms with Crippen molar-refractivity contribution < 1.29 is 23.6 Å². The predicted molar refractivity (Wildman–Crippen MR) is 102 cm³/mol. The molecule has 29 heavy (non-hydrogen) atoms. The standard InChI is InChI=1S/C21H21N3O5/c1-12-9-16(23-29-12)24-11-21-8-7-15(28-21)17(18(21)20(24)26)19(25)22-10-13-5-3-4-6-14(13)27-2/h3-9,15,17-18H,10-11H2,1-2H3,(H,22,25)/t15-,17?,18?,21+/m1/s1. The Labute approximate surface area is 167 Å². The number of hydrogen-bond acceptors (Lipinski definition) is 6. The first kappa shape index (κ1) is 17.9. The molecule has 4 heterocycles. The Kier molecular flexibility index (Phi) is 3.99. The van der Waals surface area contributed by atoms with E-state index in [1.54, 1.807) is 25.0 Å². The molecule has 8 nitrogen and oxygen atoms in total. The number of nitrogens with one attached hydrogen (secondary N) is 1. The average Bonchev–Trinajstić information content (AvgIpc) is 3.47. The Balaban J connectivity index is 1.37. The molecule has 1 aromatic carbocycles. The molecule has 0 aliphatic carbocycles. The highest BCUT2D eigenvalue weighted by atomic mass is 16.5. The second-order valence-electron chi connectivity index (χ2n) is 7.65. The predicted octanol–water partition coefficient (Wildman–Crippen LogP) is 1.59. The maximum Gasteiger partial charge on any atom is 0.235 e. The minimum Gasteiger partial charge on any atom is -0.496 e. The van der Waals surface area contributed by atoms with Crippen molar-refractivity contribution in [2.75, 3.05) is 18.6 Å². The summed E-state index contributed by atoms with van der Waals surface area (Å²) in [5.74, 6) is 0.246. The van der Waals surface area contributed by atoms with E-state index in [9.17, 15) is 9.59 Å². The van der Waals surface area contributed by atoms with Gasteiger partial charge < -0.3 is 19.3 Å². The molecular weight excluding hydrogens is 374 g/mol. The number of rotatable bonds is 5. The number of amides is 2. The number of methoxy groups -OCH3 is 1. The molecular formula is C21H21N3O5. The van der Waals surface area contributed by atoms with Crippen molar-refractivity contribution in [1.29, 1.82) is 0 Å². The van der Waals surface area contributed by atoms with E-state index in [0.717, 1.165) is 5.56 Å². The summed E-state index contributed by atoms with van der Waals surface area (Å²) >= 11 is 0. The van der Waals surface area contributed by atoms with Gasteiger partial charge >= 0.3 is 0 Å². The van der Waals surface area contributed by atoms with Crippen molar-refractivity contribution in [2.24, 2.45) is 11.8 Å². The van der Waals surface area contributed by atoms with Crippen LogP contribution < -0.4 is 15.0 Å². The van der Waals surface area contributed by atoms with Crippen LogP contribution in [0, 0.1) is 18.8 Å². The summed E-state index contributed by atoms with van der Waals surface area (Å²) in [5.41, 5.74) is 0.0799. The summed E-state index contributed by atoms with van der Waals surface area (Å²) in [6, 6.07) is 9.22. The van der Waals surface area contributed by atoms with E-state index >= 15 is 0 Å². The quantitative estimate of drug-likeness (QED) is 0.773. The van der Waals surface area contributed by atoms with Crippen LogP contribution in [0.3, 0.4) is 0 Å². The molecule has 0 radical (unpaired) electrons. The number of ether oxygens (including phenoxy) is 2. The number of fused-ring (bicyclic) bond motifs is 1. The normalized spacial score (nSPS) is 29.4. The first-order valence-electron chi connectivity index (χ1n) is 9.54. The molecule has 2 unspecified atom stereocenters. The van der Waals surface area contributed by atoms with Gasteiger partial charge in [0, 0.05) is 18.2 Å². The summed E-state index contributed by atoms with van der Waals surface area (Å²) < 4.78 is 16.6. The molecule has 2 aromatic rings. The van der Waals surface area contributed by atoms with Crippen LogP contribution in [0.25, 0.3) is 0 Å². The van der Waals surface area contributed by atoms with Gasteiger partial charge in [-0.05, 0) is 13.0 Å². The zero-order valence-corrected chi connectivity index (χ0v) is 16.1. The van der Waals surface area contributed by atoms with E-state index in [4.69, 9.17) is 14.0 Å². The van der Waals surface area contributed by atoms with Crippen LogP contribution in [0.2, 0.25) is 0 Å². The van der Waals surface area contributed by atoms with Crippen LogP contribution in [-0.2, 0) is 20.9 Å². The molecule has 5 rings (SSSR count). The van der Waals surface area contributed by atoms with Crippen molar-refractivity contribution in [3.63, 3.8) is 0 Å². The highest BCUT2D eigenvalue weighted by Crippen LogP contribution is 2.52. The Morgan fingerprint density at radius 3 is 3.00 bits per heavy atom. The fourth-order valence-corrected chi connectivity index (χ4v) is 4.62. The van der Waals surface area contributed by atoms with E-state index in [1.807, 2.05) is 36.4 Å². The fraction of sp³-hybridized carbons (Fsp3) is 0.381. The van der Waals surface area contributed by atoms with Crippen molar-refractivity contribution in [3.05, 3.63) is 53.8 Å². The highest BCUT2D eigenvalue weighted by molar-refractivity contribution is 6.02. The Morgan fingerprint density at radius 1 is 1.41 bits per heavy atom. The summed E-state index contributed by atoms with van der Waals surface area (Å²) in [7, 11) is 1.59. The Hall–Kier alpha value is -3.13. The summed E-state index contributed by atoms with van der Waals surface area (Å²) in [5, 5.41) is 6.91. The molecule has 1 spiro atoms. The monoisotopic (exact) mass is 395 g/mol. The molecule has 3 aliphatic heterocycles. The zero-order valence-electron chi connectivity index (χ0n) is 16.1. The van der Waals surface area contributed by atoms with Gasteiger partial charge in [0.15, 0.2) is 5.82 Å². The van der Waals surface area contributed by atoms with Crippen molar-refractivity contribution in [2.45, 2.75) is 25.2 Å². The van der Waals surface area contributed by atoms with E-state index in [1.165, 1.54) is 0 Å². The summed E-state index contributed by atoms with van der Waals surface area (Å²) in [6.07, 6.45) is 3.40. The van der Waals surface area contributed by atoms with Gasteiger partial charge in [-0.2, -0.15) is 0 Å². The molecule has 3 aliphatic rings. The third-order valence-electron chi connectivity index (χ3n) is 5.94. The number of para-hydroxylation sites is 1. The molecule has 4 atom stereocenters. The lowest BCUT2D eigenvalue weighted by atomic mass is 9.77. The van der Waals surface area contributed by atoms with Gasteiger partial charge in [0.1, 0.15) is 17.1 Å². The fourth-order valence-electron chi connectivity index (χ4n) is 4.62. The SMILES string of the molecule is COc1ccccc1CNC(=O)C1C2C(=O)N(c3cc(C)on3)C[C@@]23C=C[C@H]1O3. The third-order valence-corrected chi connectivity index (χ3v) is 5.94. The summed E-state index contributed by atoms with van der Waals surface area (Å²) in [6.45, 7) is 2.41. The number of aryl methyl sites for hydroxylation is 1. The minimum absolute atomic E-state index is 0.164. The molecule has 2 saturated heterocycles. The summed E-state index contributed by atoms with van der Waals surface area (Å²) in [4.78, 5) is 27.8. The molecule has 1 aromatic heterocycles. The van der Waals surface area contributed by atoms with Gasteiger partial charge in [-0.3, -0.25) is 14.5 Å². The van der Waals surface area contributed by atoms with Crippen molar-refractivity contribution in [3.8, 4) is 5.75 Å². The maximum absolute atomic E-state index is 13.2. The molecule has 1 N–H and O–H groups in total. The number of nitrogens with zero attached hydrogens (tertiary/aromatic N) is 2. The zero-order chi connectivity index (χ0) is 20.2. The molecule has 0 saturated carbocycles. The van der Waals surface area contributed by atoms with Gasteiger partial charge in [0.25, 0.3) is 0 Å². The molecule has 8 heteroatoms. The van der Waals surface area contributed by atoms with Gasteiger partial charge in [0.05, 0.1) is 31.6 Å². The topological polar surface area (TPSA) is 93.9 Å². The van der Waals surface area contributed by atoms with Crippen LogP contribution in [-0.4, -0.2) is 42.3 Å². The maximum atomic E-state index is 13.2. The molecule has 2 fully saturated rings. The van der Waals surface area contributed by atoms with Gasteiger partial charge in [-0.15, -0.1) is 0 Å². The van der Waals surface area contributed by atoms with E-state index < -0.39 is 23.5 Å². The molecule has 150 valence electrons. The van der Waals surface area contributed by atoms with E-state index in [0.29, 0.717) is 30.4 Å². The second kappa shape index (κ2) is 6.45. The van der Waals surface area contributed by atoms with Crippen LogP contribution in [0.4, 0.5) is 5.82 Å². The number of carbonyl (C=O) groups is 2. The van der Waals surface area contributed by atoms with Crippen LogP contribution in [0.5, 0.6) is 5.75 Å². The van der Waals surface area contributed by atoms with Gasteiger partial charge in [-0.1, -0.05) is 35.5 Å². The number of hydrogen-bond donors (Lipinski definition) is 1. The smallest absolute Gasteiger partial charge is 0.235 e. The van der Waals surface area contributed by atoms with Gasteiger partial charge in [0.2, 0.25) is 11.8 Å². The van der Waals surface area contributed by atoms with Crippen LogP contribution >= 0.6 is 0 Å². The largest absolute Gasteiger partial charge is 0.496 e.